The molecule has 78 valence electrons. The molecule has 15 heavy (non-hydrogen) atoms. The second kappa shape index (κ2) is 4.35. The number of ether oxygens (including phenoxy) is 1. The van der Waals surface area contributed by atoms with Gasteiger partial charge in [-0.3, -0.25) is 5.10 Å². The van der Waals surface area contributed by atoms with E-state index in [0.29, 0.717) is 12.4 Å². The lowest BCUT2D eigenvalue weighted by molar-refractivity contribution is 0.307. The number of aromatic amines is 1. The van der Waals surface area contributed by atoms with Crippen LogP contribution in [0.5, 0.6) is 5.75 Å². The third-order valence-corrected chi connectivity index (χ3v) is 2.49. The number of halogens is 1. The van der Waals surface area contributed by atoms with Crippen LogP contribution in [-0.2, 0) is 6.61 Å². The SMILES string of the molecule is Nc1[nH]ncc1COc1ccc(Br)cc1. The van der Waals surface area contributed by atoms with Gasteiger partial charge in [-0.05, 0) is 24.3 Å². The van der Waals surface area contributed by atoms with Gasteiger partial charge < -0.3 is 10.5 Å². The summed E-state index contributed by atoms with van der Waals surface area (Å²) in [6.45, 7) is 0.421. The summed E-state index contributed by atoms with van der Waals surface area (Å²) in [5, 5.41) is 6.46. The van der Waals surface area contributed by atoms with E-state index in [2.05, 4.69) is 26.1 Å². The third-order valence-electron chi connectivity index (χ3n) is 1.96. The van der Waals surface area contributed by atoms with Crippen molar-refractivity contribution in [3.8, 4) is 5.75 Å². The number of benzene rings is 1. The summed E-state index contributed by atoms with van der Waals surface area (Å²) in [6.07, 6.45) is 1.66. The van der Waals surface area contributed by atoms with E-state index < -0.39 is 0 Å². The molecule has 0 spiro atoms. The molecule has 0 saturated heterocycles. The molecule has 2 aromatic rings. The van der Waals surface area contributed by atoms with Gasteiger partial charge in [0.25, 0.3) is 0 Å². The molecular weight excluding hydrogens is 258 g/mol. The average molecular weight is 268 g/mol. The zero-order chi connectivity index (χ0) is 10.7. The van der Waals surface area contributed by atoms with Gasteiger partial charge in [0.05, 0.1) is 11.8 Å². The average Bonchev–Trinajstić information content (AvgIpc) is 2.63. The summed E-state index contributed by atoms with van der Waals surface area (Å²) in [6, 6.07) is 7.63. The molecule has 3 N–H and O–H groups in total. The minimum absolute atomic E-state index is 0.421. The summed E-state index contributed by atoms with van der Waals surface area (Å²) < 4.78 is 6.55. The number of hydrogen-bond donors (Lipinski definition) is 2. The topological polar surface area (TPSA) is 63.9 Å². The molecule has 0 atom stereocenters. The molecule has 4 nitrogen and oxygen atoms in total. The summed E-state index contributed by atoms with van der Waals surface area (Å²) in [5.41, 5.74) is 6.48. The van der Waals surface area contributed by atoms with Crippen LogP contribution in [0.1, 0.15) is 5.56 Å². The molecule has 0 aliphatic carbocycles. The largest absolute Gasteiger partial charge is 0.489 e. The molecule has 2 rings (SSSR count). The number of nitrogens with two attached hydrogens (primary N) is 1. The Morgan fingerprint density at radius 2 is 2.07 bits per heavy atom. The van der Waals surface area contributed by atoms with Gasteiger partial charge in [-0.1, -0.05) is 15.9 Å². The van der Waals surface area contributed by atoms with E-state index in [1.54, 1.807) is 6.20 Å². The smallest absolute Gasteiger partial charge is 0.125 e. The lowest BCUT2D eigenvalue weighted by Crippen LogP contribution is -1.97. The Bertz CT molecular complexity index is 438. The van der Waals surface area contributed by atoms with Crippen molar-refractivity contribution in [3.05, 3.63) is 40.5 Å². The van der Waals surface area contributed by atoms with Crippen molar-refractivity contribution < 1.29 is 4.74 Å². The zero-order valence-corrected chi connectivity index (χ0v) is 9.49. The maximum absolute atomic E-state index is 5.62. The number of nitrogens with one attached hydrogen (secondary N) is 1. The van der Waals surface area contributed by atoms with Crippen molar-refractivity contribution in [2.24, 2.45) is 0 Å². The molecule has 0 aliphatic heterocycles. The van der Waals surface area contributed by atoms with Gasteiger partial charge >= 0.3 is 0 Å². The molecule has 0 amide bonds. The molecule has 1 aromatic carbocycles. The van der Waals surface area contributed by atoms with E-state index in [1.807, 2.05) is 24.3 Å². The van der Waals surface area contributed by atoms with Gasteiger partial charge in [-0.2, -0.15) is 5.10 Å². The Morgan fingerprint density at radius 1 is 1.33 bits per heavy atom. The van der Waals surface area contributed by atoms with Crippen LogP contribution < -0.4 is 10.5 Å². The first kappa shape index (κ1) is 10.0. The van der Waals surface area contributed by atoms with Crippen molar-refractivity contribution in [2.45, 2.75) is 6.61 Å². The summed E-state index contributed by atoms with van der Waals surface area (Å²) in [7, 11) is 0. The van der Waals surface area contributed by atoms with Crippen LogP contribution in [0.3, 0.4) is 0 Å². The van der Waals surface area contributed by atoms with Crippen molar-refractivity contribution in [1.29, 1.82) is 0 Å². The van der Waals surface area contributed by atoms with E-state index in [1.165, 1.54) is 0 Å². The molecule has 0 aliphatic rings. The first-order chi connectivity index (χ1) is 7.25. The Kier molecular flexibility index (Phi) is 2.91. The lowest BCUT2D eigenvalue weighted by atomic mass is 10.3. The van der Waals surface area contributed by atoms with Crippen LogP contribution in [-0.4, -0.2) is 10.2 Å². The maximum atomic E-state index is 5.62. The monoisotopic (exact) mass is 267 g/mol. The molecule has 0 bridgehead atoms. The molecule has 1 heterocycles. The predicted molar refractivity (Wildman–Crippen MR) is 61.5 cm³/mol. The van der Waals surface area contributed by atoms with Gasteiger partial charge in [0.1, 0.15) is 18.2 Å². The van der Waals surface area contributed by atoms with Crippen molar-refractivity contribution in [2.75, 3.05) is 5.73 Å². The minimum atomic E-state index is 0.421. The fourth-order valence-electron chi connectivity index (χ4n) is 1.13. The predicted octanol–water partition coefficient (Wildman–Crippen LogP) is 2.33. The molecule has 0 radical (unpaired) electrons. The molecule has 1 aromatic heterocycles. The summed E-state index contributed by atoms with van der Waals surface area (Å²) >= 11 is 3.36. The highest BCUT2D eigenvalue weighted by molar-refractivity contribution is 9.10. The molecule has 0 saturated carbocycles. The third kappa shape index (κ3) is 2.50. The highest BCUT2D eigenvalue weighted by Crippen LogP contribution is 2.18. The second-order valence-electron chi connectivity index (χ2n) is 3.05. The van der Waals surface area contributed by atoms with Gasteiger partial charge in [0, 0.05) is 4.47 Å². The van der Waals surface area contributed by atoms with E-state index in [-0.39, 0.29) is 0 Å². The number of nitrogens with zero attached hydrogens (tertiary/aromatic N) is 1. The highest BCUT2D eigenvalue weighted by Gasteiger charge is 2.01. The molecule has 5 heteroatoms. The minimum Gasteiger partial charge on any atom is -0.489 e. The van der Waals surface area contributed by atoms with Crippen molar-refractivity contribution in [3.63, 3.8) is 0 Å². The summed E-state index contributed by atoms with van der Waals surface area (Å²) in [5.74, 6) is 1.35. The fraction of sp³-hybridized carbons (Fsp3) is 0.100. The van der Waals surface area contributed by atoms with Crippen LogP contribution in [0.4, 0.5) is 5.82 Å². The first-order valence-electron chi connectivity index (χ1n) is 4.42. The molecular formula is C10H10BrN3O. The number of H-pyrrole nitrogens is 1. The Balaban J connectivity index is 1.99. The van der Waals surface area contributed by atoms with Crippen LogP contribution in [0, 0.1) is 0 Å². The fourth-order valence-corrected chi connectivity index (χ4v) is 1.39. The van der Waals surface area contributed by atoms with Crippen LogP contribution in [0.15, 0.2) is 34.9 Å². The van der Waals surface area contributed by atoms with E-state index in [0.717, 1.165) is 15.8 Å². The van der Waals surface area contributed by atoms with E-state index in [4.69, 9.17) is 10.5 Å². The van der Waals surface area contributed by atoms with Crippen molar-refractivity contribution >= 4 is 21.7 Å². The second-order valence-corrected chi connectivity index (χ2v) is 3.97. The summed E-state index contributed by atoms with van der Waals surface area (Å²) in [4.78, 5) is 0. The quantitative estimate of drug-likeness (QED) is 0.897. The number of aromatic nitrogens is 2. The van der Waals surface area contributed by atoms with Gasteiger partial charge in [0.2, 0.25) is 0 Å². The van der Waals surface area contributed by atoms with Gasteiger partial charge in [-0.25, -0.2) is 0 Å². The van der Waals surface area contributed by atoms with Gasteiger partial charge in [0.15, 0.2) is 0 Å². The number of anilines is 1. The van der Waals surface area contributed by atoms with E-state index >= 15 is 0 Å². The van der Waals surface area contributed by atoms with E-state index in [9.17, 15) is 0 Å². The first-order valence-corrected chi connectivity index (χ1v) is 5.21. The zero-order valence-electron chi connectivity index (χ0n) is 7.90. The highest BCUT2D eigenvalue weighted by atomic mass is 79.9. The molecule has 0 fully saturated rings. The van der Waals surface area contributed by atoms with Crippen molar-refractivity contribution in [1.82, 2.24) is 10.2 Å². The molecule has 0 unspecified atom stereocenters. The normalized spacial score (nSPS) is 10.2. The van der Waals surface area contributed by atoms with Crippen LogP contribution in [0.2, 0.25) is 0 Å². The number of hydrogen-bond acceptors (Lipinski definition) is 3. The maximum Gasteiger partial charge on any atom is 0.125 e. The number of nitrogen functional groups attached to an aromatic ring is 1. The Hall–Kier alpha value is -1.49. The lowest BCUT2D eigenvalue weighted by Gasteiger charge is -2.04. The van der Waals surface area contributed by atoms with Crippen LogP contribution in [0.25, 0.3) is 0 Å². The Labute approximate surface area is 95.6 Å². The standard InChI is InChI=1S/C10H10BrN3O/c11-8-1-3-9(4-2-8)15-6-7-5-13-14-10(7)12/h1-5H,6H2,(H3,12,13,14). The van der Waals surface area contributed by atoms with Crippen LogP contribution >= 0.6 is 15.9 Å². The van der Waals surface area contributed by atoms with Gasteiger partial charge in [-0.15, -0.1) is 0 Å². The number of rotatable bonds is 3. The Morgan fingerprint density at radius 3 is 2.67 bits per heavy atom.